The zero-order valence-corrected chi connectivity index (χ0v) is 22.3. The quantitative estimate of drug-likeness (QED) is 0.444. The van der Waals surface area contributed by atoms with Crippen LogP contribution in [0.3, 0.4) is 0 Å². The predicted molar refractivity (Wildman–Crippen MR) is 134 cm³/mol. The molecule has 0 aliphatic heterocycles. The number of amides is 1. The highest BCUT2D eigenvalue weighted by Crippen LogP contribution is 2.75. The van der Waals surface area contributed by atoms with Crippen LogP contribution in [0, 0.1) is 56.7 Å². The molecule has 0 saturated heterocycles. The van der Waals surface area contributed by atoms with Crippen LogP contribution in [0.25, 0.3) is 0 Å². The largest absolute Gasteiger partial charge is 0.393 e. The third-order valence-corrected chi connectivity index (χ3v) is 13.5. The van der Waals surface area contributed by atoms with Gasteiger partial charge < -0.3 is 10.8 Å². The molecular weight excluding hydrogens is 406 g/mol. The Hall–Kier alpha value is -0.830. The van der Waals surface area contributed by atoms with E-state index in [4.69, 9.17) is 5.73 Å². The number of carbonyl (C=O) groups excluding carboxylic acids is 1. The summed E-state index contributed by atoms with van der Waals surface area (Å²) in [6, 6.07) is 0. The lowest BCUT2D eigenvalue weighted by Crippen LogP contribution is -2.65. The van der Waals surface area contributed by atoms with Crippen LogP contribution in [0.5, 0.6) is 0 Å². The molecule has 186 valence electrons. The van der Waals surface area contributed by atoms with Crippen LogP contribution in [-0.2, 0) is 4.79 Å². The average molecular weight is 456 g/mol. The lowest BCUT2D eigenvalue weighted by Gasteiger charge is -2.71. The molecule has 0 heterocycles. The lowest BCUT2D eigenvalue weighted by atomic mass is 9.33. The Balaban J connectivity index is 1.61. The van der Waals surface area contributed by atoms with Crippen molar-refractivity contribution in [1.29, 1.82) is 0 Å². The van der Waals surface area contributed by atoms with Crippen LogP contribution in [0.15, 0.2) is 11.6 Å². The van der Waals surface area contributed by atoms with E-state index in [-0.39, 0.29) is 39.1 Å². The first-order chi connectivity index (χ1) is 15.3. The first-order valence-corrected chi connectivity index (χ1v) is 13.9. The molecule has 5 aliphatic rings. The van der Waals surface area contributed by atoms with Gasteiger partial charge in [-0.2, -0.15) is 0 Å². The van der Waals surface area contributed by atoms with Gasteiger partial charge in [-0.1, -0.05) is 60.1 Å². The third-order valence-electron chi connectivity index (χ3n) is 13.5. The second kappa shape index (κ2) is 7.11. The Kier molecular flexibility index (Phi) is 5.15. The second-order valence-electron chi connectivity index (χ2n) is 14.5. The number of nitrogens with two attached hydrogens (primary N) is 1. The van der Waals surface area contributed by atoms with Gasteiger partial charge in [0.05, 0.1) is 11.5 Å². The number of primary amides is 1. The molecule has 3 heteroatoms. The van der Waals surface area contributed by atoms with Gasteiger partial charge in [0.1, 0.15) is 0 Å². The zero-order chi connectivity index (χ0) is 24.2. The molecule has 4 fully saturated rings. The van der Waals surface area contributed by atoms with Gasteiger partial charge in [0, 0.05) is 0 Å². The van der Waals surface area contributed by atoms with Crippen LogP contribution in [-0.4, -0.2) is 17.1 Å². The molecule has 0 aromatic rings. The van der Waals surface area contributed by atoms with Crippen molar-refractivity contribution in [3.8, 4) is 0 Å². The molecule has 0 spiro atoms. The Morgan fingerprint density at radius 2 is 1.64 bits per heavy atom. The number of hydrogen-bond acceptors (Lipinski definition) is 2. The smallest absolute Gasteiger partial charge is 0.224 e. The van der Waals surface area contributed by atoms with Gasteiger partial charge in [-0.3, -0.25) is 4.79 Å². The number of hydrogen-bond donors (Lipinski definition) is 2. The minimum atomic E-state index is -0.335. The summed E-state index contributed by atoms with van der Waals surface area (Å²) in [6.07, 6.45) is 12.3. The van der Waals surface area contributed by atoms with Crippen molar-refractivity contribution in [1.82, 2.24) is 0 Å². The summed E-state index contributed by atoms with van der Waals surface area (Å²) < 4.78 is 0. The van der Waals surface area contributed by atoms with Crippen LogP contribution < -0.4 is 5.73 Å². The molecule has 33 heavy (non-hydrogen) atoms. The fourth-order valence-corrected chi connectivity index (χ4v) is 10.9. The summed E-state index contributed by atoms with van der Waals surface area (Å²) >= 11 is 0. The number of aliphatic hydroxyl groups excluding tert-OH is 1. The summed E-state index contributed by atoms with van der Waals surface area (Å²) in [5.41, 5.74) is 8.11. The van der Waals surface area contributed by atoms with Gasteiger partial charge >= 0.3 is 0 Å². The number of rotatable bonds is 1. The van der Waals surface area contributed by atoms with Crippen molar-refractivity contribution < 1.29 is 9.90 Å². The maximum Gasteiger partial charge on any atom is 0.224 e. The van der Waals surface area contributed by atoms with Crippen LogP contribution in [0.1, 0.15) is 106 Å². The number of allylic oxidation sites excluding steroid dienone is 2. The maximum atomic E-state index is 13.0. The Labute approximate surface area is 202 Å². The van der Waals surface area contributed by atoms with Crippen LogP contribution in [0.4, 0.5) is 0 Å². The lowest BCUT2D eigenvalue weighted by molar-refractivity contribution is -0.204. The van der Waals surface area contributed by atoms with E-state index in [9.17, 15) is 9.90 Å². The summed E-state index contributed by atoms with van der Waals surface area (Å²) in [6.45, 7) is 17.2. The minimum Gasteiger partial charge on any atom is -0.393 e. The molecule has 5 aliphatic carbocycles. The highest BCUT2D eigenvalue weighted by Gasteiger charge is 2.69. The van der Waals surface area contributed by atoms with Gasteiger partial charge in [-0.15, -0.1) is 0 Å². The Morgan fingerprint density at radius 3 is 2.30 bits per heavy atom. The molecule has 3 nitrogen and oxygen atoms in total. The summed E-state index contributed by atoms with van der Waals surface area (Å²) in [4.78, 5) is 13.0. The van der Waals surface area contributed by atoms with E-state index in [1.165, 1.54) is 12.8 Å². The van der Waals surface area contributed by atoms with E-state index >= 15 is 0 Å². The normalized spacial score (nSPS) is 55.3. The molecule has 5 rings (SSSR count). The van der Waals surface area contributed by atoms with Crippen LogP contribution in [0.2, 0.25) is 0 Å². The van der Waals surface area contributed by atoms with Gasteiger partial charge in [0.15, 0.2) is 0 Å². The zero-order valence-electron chi connectivity index (χ0n) is 22.3. The van der Waals surface area contributed by atoms with Crippen molar-refractivity contribution in [2.45, 2.75) is 112 Å². The van der Waals surface area contributed by atoms with E-state index in [0.717, 1.165) is 44.9 Å². The molecule has 0 radical (unpaired) electrons. The number of carbonyl (C=O) groups is 1. The van der Waals surface area contributed by atoms with E-state index in [1.807, 2.05) is 0 Å². The second-order valence-corrected chi connectivity index (χ2v) is 14.5. The fraction of sp³-hybridized carbons (Fsp3) is 0.900. The molecule has 4 saturated carbocycles. The highest BCUT2D eigenvalue weighted by atomic mass is 16.3. The maximum absolute atomic E-state index is 13.0. The molecule has 0 bridgehead atoms. The minimum absolute atomic E-state index is 0.0137. The predicted octanol–water partition coefficient (Wildman–Crippen LogP) is 6.49. The molecule has 1 amide bonds. The van der Waals surface area contributed by atoms with Gasteiger partial charge in [-0.05, 0) is 109 Å². The van der Waals surface area contributed by atoms with E-state index in [2.05, 4.69) is 54.5 Å². The summed E-state index contributed by atoms with van der Waals surface area (Å²) in [5, 5.41) is 10.9. The van der Waals surface area contributed by atoms with Crippen molar-refractivity contribution in [3.05, 3.63) is 11.6 Å². The standard InChI is InChI=1S/C30H49NO2/c1-18-10-15-30(25(31)33)17-16-28(6)20(24(30)19(18)2)8-9-22-27(5)13-12-23(32)26(3,4)21(27)11-14-29(22,28)7/h8,18-19,21-24,32H,9-17H2,1-7H3,(H2,31,33)/t18-,19+,21+,22-,23+,24+,27+,28-,29-,30+/m1/s1. The molecule has 10 atom stereocenters. The third kappa shape index (κ3) is 2.75. The number of fused-ring (bicyclic) bond motifs is 7. The van der Waals surface area contributed by atoms with Crippen molar-refractivity contribution in [2.24, 2.45) is 62.4 Å². The van der Waals surface area contributed by atoms with Crippen LogP contribution >= 0.6 is 0 Å². The van der Waals surface area contributed by atoms with Crippen molar-refractivity contribution in [3.63, 3.8) is 0 Å². The first-order valence-electron chi connectivity index (χ1n) is 13.9. The van der Waals surface area contributed by atoms with Gasteiger partial charge in [-0.25, -0.2) is 0 Å². The SMILES string of the molecule is C[C@H]1[C@H](C)CC[C@]2(C(N)=O)CC[C@]3(C)C(=CC[C@@H]4[C@@]5(C)CC[C@H](O)C(C)(C)[C@@H]5CC[C@]43C)[C@H]12. The summed E-state index contributed by atoms with van der Waals surface area (Å²) in [7, 11) is 0. The van der Waals surface area contributed by atoms with Gasteiger partial charge in [0.25, 0.3) is 0 Å². The van der Waals surface area contributed by atoms with E-state index in [1.54, 1.807) is 5.57 Å². The van der Waals surface area contributed by atoms with Crippen molar-refractivity contribution >= 4 is 5.91 Å². The average Bonchev–Trinajstić information content (AvgIpc) is 2.74. The Bertz CT molecular complexity index is 877. The molecule has 3 N–H and O–H groups in total. The molecule has 0 unspecified atom stereocenters. The molecule has 0 aromatic heterocycles. The van der Waals surface area contributed by atoms with E-state index in [0.29, 0.717) is 29.6 Å². The van der Waals surface area contributed by atoms with Crippen molar-refractivity contribution in [2.75, 3.05) is 0 Å². The van der Waals surface area contributed by atoms with Gasteiger partial charge in [0.2, 0.25) is 5.91 Å². The monoisotopic (exact) mass is 455 g/mol. The molecular formula is C30H49NO2. The topological polar surface area (TPSA) is 63.3 Å². The molecule has 0 aromatic carbocycles. The summed E-state index contributed by atoms with van der Waals surface area (Å²) in [5.74, 6) is 2.64. The first kappa shape index (κ1) is 23.9. The number of aliphatic hydroxyl groups is 1. The fourth-order valence-electron chi connectivity index (χ4n) is 10.9. The highest BCUT2D eigenvalue weighted by molar-refractivity contribution is 5.82. The Morgan fingerprint density at radius 1 is 0.939 bits per heavy atom. The van der Waals surface area contributed by atoms with E-state index < -0.39 is 0 Å².